The van der Waals surface area contributed by atoms with Gasteiger partial charge in [-0.3, -0.25) is 9.20 Å². The van der Waals surface area contributed by atoms with Gasteiger partial charge in [0.1, 0.15) is 11.3 Å². The fraction of sp³-hybridized carbons (Fsp3) is 0. The summed E-state index contributed by atoms with van der Waals surface area (Å²) in [6.07, 6.45) is 10.1. The van der Waals surface area contributed by atoms with Crippen molar-refractivity contribution in [2.45, 2.75) is 0 Å². The normalized spacial score (nSPS) is 16.9. The summed E-state index contributed by atoms with van der Waals surface area (Å²) in [5, 5.41) is 9.82. The number of hydrogen-bond donors (Lipinski definition) is 1. The molecule has 0 saturated heterocycles. The average Bonchev–Trinajstić information content (AvgIpc) is 2.69. The molecule has 1 aliphatic rings. The van der Waals surface area contributed by atoms with Crippen LogP contribution < -0.4 is 0 Å². The molecule has 2 aromatic rings. The Bertz CT molecular complexity index is 720. The van der Waals surface area contributed by atoms with Gasteiger partial charge in [0.15, 0.2) is 5.78 Å². The van der Waals surface area contributed by atoms with Crippen LogP contribution in [0.1, 0.15) is 5.69 Å². The second-order valence-electron chi connectivity index (χ2n) is 3.93. The molecule has 2 aromatic heterocycles. The van der Waals surface area contributed by atoms with Crippen LogP contribution in [0.3, 0.4) is 0 Å². The van der Waals surface area contributed by atoms with Crippen molar-refractivity contribution in [2.75, 3.05) is 0 Å². The number of allylic oxidation sites excluding steroid dienone is 5. The van der Waals surface area contributed by atoms with Crippen LogP contribution >= 0.6 is 0 Å². The first-order chi connectivity index (χ1) is 8.75. The minimum atomic E-state index is -0.0808. The zero-order valence-corrected chi connectivity index (χ0v) is 9.45. The summed E-state index contributed by atoms with van der Waals surface area (Å²) in [7, 11) is 0. The van der Waals surface area contributed by atoms with Gasteiger partial charge in [-0.2, -0.15) is 4.98 Å². The van der Waals surface area contributed by atoms with Crippen molar-refractivity contribution < 1.29 is 9.90 Å². The van der Waals surface area contributed by atoms with E-state index in [2.05, 4.69) is 4.98 Å². The first-order valence-electron chi connectivity index (χ1n) is 5.52. The number of aromatic nitrogens is 2. The Kier molecular flexibility index (Phi) is 2.34. The molecule has 1 N–H and O–H groups in total. The van der Waals surface area contributed by atoms with E-state index in [9.17, 15) is 9.90 Å². The molecular formula is C14H10N2O2. The number of carbonyl (C=O) groups excluding carboxylic acids is 1. The number of hydrogen-bond acceptors (Lipinski definition) is 3. The zero-order chi connectivity index (χ0) is 12.5. The van der Waals surface area contributed by atoms with E-state index in [4.69, 9.17) is 0 Å². The predicted molar refractivity (Wildman–Crippen MR) is 68.1 cm³/mol. The van der Waals surface area contributed by atoms with E-state index >= 15 is 0 Å². The van der Waals surface area contributed by atoms with Gasteiger partial charge in [-0.05, 0) is 24.3 Å². The lowest BCUT2D eigenvalue weighted by Crippen LogP contribution is -1.99. The number of rotatable bonds is 1. The standard InChI is InChI=1S/C14H10N2O2/c17-12-6-2-1-5-10(12)9-11-14(18)15-13-7-3-4-8-16(11)13/h1-9,18H. The van der Waals surface area contributed by atoms with Gasteiger partial charge < -0.3 is 5.11 Å². The first-order valence-corrected chi connectivity index (χ1v) is 5.52. The van der Waals surface area contributed by atoms with Crippen molar-refractivity contribution in [3.63, 3.8) is 0 Å². The number of fused-ring (bicyclic) bond motifs is 1. The lowest BCUT2D eigenvalue weighted by molar-refractivity contribution is -0.111. The van der Waals surface area contributed by atoms with Crippen LogP contribution in [0.5, 0.6) is 5.88 Å². The minimum Gasteiger partial charge on any atom is -0.492 e. The summed E-state index contributed by atoms with van der Waals surface area (Å²) in [6, 6.07) is 5.47. The van der Waals surface area contributed by atoms with Gasteiger partial charge in [-0.15, -0.1) is 0 Å². The topological polar surface area (TPSA) is 54.6 Å². The highest BCUT2D eigenvalue weighted by Crippen LogP contribution is 2.22. The van der Waals surface area contributed by atoms with Crippen molar-refractivity contribution in [3.8, 4) is 5.88 Å². The van der Waals surface area contributed by atoms with Crippen LogP contribution in [-0.2, 0) is 4.79 Å². The molecule has 1 aliphatic carbocycles. The van der Waals surface area contributed by atoms with Crippen molar-refractivity contribution in [1.29, 1.82) is 0 Å². The minimum absolute atomic E-state index is 0.0792. The molecule has 88 valence electrons. The summed E-state index contributed by atoms with van der Waals surface area (Å²) in [5.41, 5.74) is 1.68. The molecule has 0 bridgehead atoms. The summed E-state index contributed by atoms with van der Waals surface area (Å²) in [4.78, 5) is 15.7. The number of aromatic hydroxyl groups is 1. The Morgan fingerprint density at radius 1 is 1.22 bits per heavy atom. The maximum absolute atomic E-state index is 11.7. The molecule has 0 atom stereocenters. The number of imidazole rings is 1. The van der Waals surface area contributed by atoms with Crippen LogP contribution in [0.25, 0.3) is 11.7 Å². The van der Waals surface area contributed by atoms with Gasteiger partial charge >= 0.3 is 0 Å². The highest BCUT2D eigenvalue weighted by molar-refractivity contribution is 6.10. The smallest absolute Gasteiger partial charge is 0.237 e. The highest BCUT2D eigenvalue weighted by Gasteiger charge is 2.12. The van der Waals surface area contributed by atoms with Crippen molar-refractivity contribution in [3.05, 3.63) is 60.0 Å². The fourth-order valence-electron chi connectivity index (χ4n) is 1.88. The first kappa shape index (κ1) is 10.5. The largest absolute Gasteiger partial charge is 0.492 e. The monoisotopic (exact) mass is 238 g/mol. The second kappa shape index (κ2) is 4.00. The lowest BCUT2D eigenvalue weighted by Gasteiger charge is -2.01. The van der Waals surface area contributed by atoms with E-state index < -0.39 is 0 Å². The van der Waals surface area contributed by atoms with Crippen LogP contribution in [0.4, 0.5) is 0 Å². The Labute approximate surface area is 103 Å². The number of pyridine rings is 1. The third-order valence-electron chi connectivity index (χ3n) is 2.76. The quantitative estimate of drug-likeness (QED) is 0.774. The van der Waals surface area contributed by atoms with Gasteiger partial charge in [0.05, 0.1) is 0 Å². The molecule has 2 heterocycles. The lowest BCUT2D eigenvalue weighted by atomic mass is 10.1. The molecule has 0 amide bonds. The molecule has 0 saturated carbocycles. The molecule has 0 aromatic carbocycles. The molecule has 0 spiro atoms. The summed E-state index contributed by atoms with van der Waals surface area (Å²) in [6.45, 7) is 0. The van der Waals surface area contributed by atoms with E-state index in [0.29, 0.717) is 16.9 Å². The SMILES string of the molecule is O=C1C=CC=CC1=Cc1c(O)nc2ccccn12. The summed E-state index contributed by atoms with van der Waals surface area (Å²) in [5.74, 6) is -0.160. The Morgan fingerprint density at radius 2 is 2.06 bits per heavy atom. The summed E-state index contributed by atoms with van der Waals surface area (Å²) >= 11 is 0. The van der Waals surface area contributed by atoms with Crippen molar-refractivity contribution in [1.82, 2.24) is 9.38 Å². The van der Waals surface area contributed by atoms with Gasteiger partial charge in [0.2, 0.25) is 5.88 Å². The maximum Gasteiger partial charge on any atom is 0.237 e. The Hall–Kier alpha value is -2.62. The second-order valence-corrected chi connectivity index (χ2v) is 3.93. The van der Waals surface area contributed by atoms with Crippen LogP contribution in [0, 0.1) is 0 Å². The van der Waals surface area contributed by atoms with Gasteiger partial charge in [0.25, 0.3) is 0 Å². The van der Waals surface area contributed by atoms with E-state index in [0.717, 1.165) is 0 Å². The molecule has 4 heteroatoms. The average molecular weight is 238 g/mol. The fourth-order valence-corrected chi connectivity index (χ4v) is 1.88. The molecule has 18 heavy (non-hydrogen) atoms. The van der Waals surface area contributed by atoms with Gasteiger partial charge in [-0.25, -0.2) is 0 Å². The van der Waals surface area contributed by atoms with E-state index in [-0.39, 0.29) is 11.7 Å². The molecule has 0 radical (unpaired) electrons. The molecular weight excluding hydrogens is 228 g/mol. The van der Waals surface area contributed by atoms with E-state index in [1.807, 2.05) is 12.1 Å². The predicted octanol–water partition coefficient (Wildman–Crippen LogP) is 2.12. The number of ketones is 1. The molecule has 0 fully saturated rings. The van der Waals surface area contributed by atoms with Gasteiger partial charge in [0, 0.05) is 11.8 Å². The zero-order valence-electron chi connectivity index (χ0n) is 9.45. The van der Waals surface area contributed by atoms with Crippen LogP contribution in [-0.4, -0.2) is 20.3 Å². The number of carbonyl (C=O) groups is 1. The summed E-state index contributed by atoms with van der Waals surface area (Å²) < 4.78 is 1.74. The molecule has 4 nitrogen and oxygen atoms in total. The third-order valence-corrected chi connectivity index (χ3v) is 2.76. The van der Waals surface area contributed by atoms with Crippen LogP contribution in [0.15, 0.2) is 54.3 Å². The van der Waals surface area contributed by atoms with E-state index in [1.165, 1.54) is 6.08 Å². The highest BCUT2D eigenvalue weighted by atomic mass is 16.3. The third kappa shape index (κ3) is 1.64. The Morgan fingerprint density at radius 3 is 2.89 bits per heavy atom. The molecule has 0 aliphatic heterocycles. The molecule has 3 rings (SSSR count). The Balaban J connectivity index is 2.18. The number of nitrogens with zero attached hydrogens (tertiary/aromatic N) is 2. The molecule has 0 unspecified atom stereocenters. The van der Waals surface area contributed by atoms with E-state index in [1.54, 1.807) is 41.0 Å². The van der Waals surface area contributed by atoms with Crippen molar-refractivity contribution >= 4 is 17.5 Å². The maximum atomic E-state index is 11.7. The van der Waals surface area contributed by atoms with Crippen LogP contribution in [0.2, 0.25) is 0 Å². The van der Waals surface area contributed by atoms with Crippen molar-refractivity contribution in [2.24, 2.45) is 0 Å². The van der Waals surface area contributed by atoms with Gasteiger partial charge in [-0.1, -0.05) is 24.3 Å².